The second-order valence-corrected chi connectivity index (χ2v) is 15.9. The summed E-state index contributed by atoms with van der Waals surface area (Å²) in [5, 5.41) is 30.2. The van der Waals surface area contributed by atoms with Crippen molar-refractivity contribution in [1.29, 1.82) is 10.5 Å². The van der Waals surface area contributed by atoms with E-state index in [9.17, 15) is 10.5 Å². The number of likely N-dealkylation sites (tertiary alicyclic amines) is 2. The molecule has 0 atom stereocenters. The number of para-hydroxylation sites is 1. The van der Waals surface area contributed by atoms with Crippen molar-refractivity contribution in [2.75, 3.05) is 26.2 Å². The molecular weight excluding hydrogens is 758 g/mol. The number of hydrogen-bond acceptors (Lipinski definition) is 7. The molecule has 0 saturated carbocycles. The monoisotopic (exact) mass is 803 g/mol. The minimum atomic E-state index is 0.232. The van der Waals surface area contributed by atoms with E-state index in [1.807, 2.05) is 65.3 Å². The molecule has 0 spiro atoms. The fourth-order valence-corrected chi connectivity index (χ4v) is 8.88. The highest BCUT2D eigenvalue weighted by atomic mass is 79.9. The van der Waals surface area contributed by atoms with Crippen LogP contribution in [0.3, 0.4) is 0 Å². The molecule has 3 heterocycles. The van der Waals surface area contributed by atoms with E-state index in [-0.39, 0.29) is 6.61 Å². The third kappa shape index (κ3) is 8.41. The Labute approximate surface area is 338 Å². The summed E-state index contributed by atoms with van der Waals surface area (Å²) in [7, 11) is 0. The smallest absolute Gasteiger partial charge is 0.134 e. The lowest BCUT2D eigenvalue weighted by atomic mass is 9.89. The summed E-state index contributed by atoms with van der Waals surface area (Å²) in [4.78, 5) is 5.04. The van der Waals surface area contributed by atoms with Crippen molar-refractivity contribution in [3.8, 4) is 34.7 Å². The van der Waals surface area contributed by atoms with Crippen LogP contribution in [-0.2, 0) is 32.5 Å². The van der Waals surface area contributed by atoms with Gasteiger partial charge in [0.05, 0.1) is 26.8 Å². The van der Waals surface area contributed by atoms with Gasteiger partial charge in [-0.2, -0.15) is 10.5 Å². The van der Waals surface area contributed by atoms with Gasteiger partial charge in [0, 0.05) is 29.8 Å². The van der Waals surface area contributed by atoms with Crippen LogP contribution in [0.2, 0.25) is 0 Å². The normalized spacial score (nSPS) is 15.1. The van der Waals surface area contributed by atoms with Gasteiger partial charge in [0.1, 0.15) is 30.0 Å². The van der Waals surface area contributed by atoms with Gasteiger partial charge in [-0.05, 0) is 133 Å². The molecular formula is C47H46BrN7O. The Kier molecular flexibility index (Phi) is 11.8. The lowest BCUT2D eigenvalue weighted by Crippen LogP contribution is -2.29. The molecule has 2 fully saturated rings. The van der Waals surface area contributed by atoms with Crippen LogP contribution < -0.4 is 4.74 Å². The van der Waals surface area contributed by atoms with E-state index >= 15 is 0 Å². The summed E-state index contributed by atoms with van der Waals surface area (Å²) in [6.07, 6.45) is 9.00. The van der Waals surface area contributed by atoms with Gasteiger partial charge < -0.3 is 4.74 Å². The van der Waals surface area contributed by atoms with E-state index in [1.54, 1.807) is 0 Å². The number of piperidine rings is 2. The standard InChI is InChI=1S/C47H46BrN7O/c48-43-27-34(31-53-23-5-1-6-24-53)18-22-47(43)56-33-38-12-10-14-40(42(38)30-50)39-13-9-11-36(41(39)29-49)20-21-37-19-17-35(32-54-25-7-2-8-26-54)28-46(37)55-45-16-4-3-15-44(45)51-52-55/h3-4,9-19,22,27-28H,1-2,5-8,20-21,23-26,31-33H2. The number of aryl methyl sites for hydroxylation is 2. The highest BCUT2D eigenvalue weighted by Gasteiger charge is 2.19. The van der Waals surface area contributed by atoms with Crippen molar-refractivity contribution in [2.24, 2.45) is 0 Å². The van der Waals surface area contributed by atoms with Gasteiger partial charge in [0.25, 0.3) is 0 Å². The van der Waals surface area contributed by atoms with E-state index in [4.69, 9.17) is 4.74 Å². The van der Waals surface area contributed by atoms with E-state index in [0.717, 1.165) is 94.0 Å². The molecule has 2 aliphatic heterocycles. The van der Waals surface area contributed by atoms with Crippen molar-refractivity contribution in [2.45, 2.75) is 71.1 Å². The van der Waals surface area contributed by atoms with Crippen molar-refractivity contribution in [3.05, 3.63) is 140 Å². The zero-order valence-electron chi connectivity index (χ0n) is 31.8. The van der Waals surface area contributed by atoms with Gasteiger partial charge in [0.2, 0.25) is 0 Å². The molecule has 0 amide bonds. The van der Waals surface area contributed by atoms with Crippen LogP contribution in [0.25, 0.3) is 27.8 Å². The highest BCUT2D eigenvalue weighted by Crippen LogP contribution is 2.34. The van der Waals surface area contributed by atoms with Crippen molar-refractivity contribution >= 4 is 27.0 Å². The third-order valence-electron chi connectivity index (χ3n) is 11.3. The number of nitrogens with zero attached hydrogens (tertiary/aromatic N) is 7. The molecule has 2 saturated heterocycles. The predicted octanol–water partition coefficient (Wildman–Crippen LogP) is 9.93. The van der Waals surface area contributed by atoms with Crippen molar-refractivity contribution in [3.63, 3.8) is 0 Å². The predicted molar refractivity (Wildman–Crippen MR) is 224 cm³/mol. The average molecular weight is 805 g/mol. The van der Waals surface area contributed by atoms with Gasteiger partial charge in [-0.3, -0.25) is 9.80 Å². The Hall–Kier alpha value is -5.32. The molecule has 6 aromatic rings. The number of ether oxygens (including phenoxy) is 1. The minimum absolute atomic E-state index is 0.232. The van der Waals surface area contributed by atoms with Gasteiger partial charge >= 0.3 is 0 Å². The van der Waals surface area contributed by atoms with Crippen LogP contribution in [-0.4, -0.2) is 51.0 Å². The van der Waals surface area contributed by atoms with Crippen LogP contribution in [0.1, 0.15) is 77.5 Å². The summed E-state index contributed by atoms with van der Waals surface area (Å²) in [5.74, 6) is 0.735. The molecule has 1 aromatic heterocycles. The molecule has 9 heteroatoms. The number of rotatable bonds is 12. The molecule has 0 N–H and O–H groups in total. The Morgan fingerprint density at radius 1 is 0.625 bits per heavy atom. The quantitative estimate of drug-likeness (QED) is 0.122. The Morgan fingerprint density at radius 2 is 1.23 bits per heavy atom. The summed E-state index contributed by atoms with van der Waals surface area (Å²) in [5.41, 5.74) is 10.8. The van der Waals surface area contributed by atoms with Crippen molar-refractivity contribution < 1.29 is 4.74 Å². The van der Waals surface area contributed by atoms with Crippen molar-refractivity contribution in [1.82, 2.24) is 24.8 Å². The number of aromatic nitrogens is 3. The lowest BCUT2D eigenvalue weighted by Gasteiger charge is -2.26. The third-order valence-corrected chi connectivity index (χ3v) is 11.9. The SMILES string of the molecule is N#Cc1c(CCc2ccc(CN3CCCCC3)cc2-n2nnc3ccccc32)cccc1-c1cccc(COc2ccc(CN3CCCCC3)cc2Br)c1C#N. The molecule has 56 heavy (non-hydrogen) atoms. The van der Waals surface area contributed by atoms with Gasteiger partial charge in [-0.15, -0.1) is 5.10 Å². The van der Waals surface area contributed by atoms with E-state index in [1.165, 1.54) is 49.7 Å². The molecule has 0 bridgehead atoms. The zero-order chi connectivity index (χ0) is 38.3. The molecule has 0 aliphatic carbocycles. The molecule has 0 unspecified atom stereocenters. The van der Waals surface area contributed by atoms with Crippen LogP contribution in [0, 0.1) is 22.7 Å². The Balaban J connectivity index is 1.03. The maximum Gasteiger partial charge on any atom is 0.134 e. The zero-order valence-corrected chi connectivity index (χ0v) is 33.3. The first-order valence-corrected chi connectivity index (χ1v) is 20.7. The summed E-state index contributed by atoms with van der Waals surface area (Å²) in [6, 6.07) is 37.8. The lowest BCUT2D eigenvalue weighted by molar-refractivity contribution is 0.220. The second-order valence-electron chi connectivity index (χ2n) is 15.1. The van der Waals surface area contributed by atoms with Crippen LogP contribution in [0.5, 0.6) is 5.75 Å². The van der Waals surface area contributed by atoms with Crippen LogP contribution in [0.4, 0.5) is 0 Å². The number of fused-ring (bicyclic) bond motifs is 1. The summed E-state index contributed by atoms with van der Waals surface area (Å²) in [6.45, 7) is 6.63. The first-order valence-electron chi connectivity index (χ1n) is 19.9. The molecule has 0 radical (unpaired) electrons. The Morgan fingerprint density at radius 3 is 1.91 bits per heavy atom. The minimum Gasteiger partial charge on any atom is -0.488 e. The fourth-order valence-electron chi connectivity index (χ4n) is 8.34. The maximum atomic E-state index is 10.6. The van der Waals surface area contributed by atoms with Gasteiger partial charge in [0.15, 0.2) is 0 Å². The average Bonchev–Trinajstić information content (AvgIpc) is 3.67. The summed E-state index contributed by atoms with van der Waals surface area (Å²) < 4.78 is 9.16. The first kappa shape index (κ1) is 37.6. The molecule has 8 nitrogen and oxygen atoms in total. The van der Waals surface area contributed by atoms with Crippen LogP contribution >= 0.6 is 15.9 Å². The molecule has 282 valence electrons. The second kappa shape index (κ2) is 17.6. The molecule has 8 rings (SSSR count). The number of benzene rings is 5. The fraction of sp³-hybridized carbons (Fsp3) is 0.319. The maximum absolute atomic E-state index is 10.6. The highest BCUT2D eigenvalue weighted by molar-refractivity contribution is 9.10. The van der Waals surface area contributed by atoms with Gasteiger partial charge in [-0.25, -0.2) is 4.68 Å². The number of halogens is 1. The van der Waals surface area contributed by atoms with Crippen LogP contribution in [0.15, 0.2) is 102 Å². The summed E-state index contributed by atoms with van der Waals surface area (Å²) >= 11 is 3.73. The van der Waals surface area contributed by atoms with E-state index in [0.29, 0.717) is 24.0 Å². The first-order chi connectivity index (χ1) is 27.6. The molecule has 2 aliphatic rings. The largest absolute Gasteiger partial charge is 0.488 e. The topological polar surface area (TPSA) is 94.0 Å². The Bertz CT molecular complexity index is 2410. The van der Waals surface area contributed by atoms with E-state index < -0.39 is 0 Å². The number of nitriles is 2. The van der Waals surface area contributed by atoms with E-state index in [2.05, 4.69) is 84.6 Å². The van der Waals surface area contributed by atoms with Gasteiger partial charge in [-0.1, -0.05) is 84.8 Å². The number of hydrogen-bond donors (Lipinski definition) is 0. The molecule has 5 aromatic carbocycles.